The van der Waals surface area contributed by atoms with E-state index in [-0.39, 0.29) is 23.9 Å². The number of nitrogens with zero attached hydrogens (tertiary/aromatic N) is 2. The van der Waals surface area contributed by atoms with E-state index in [1.165, 1.54) is 11.0 Å². The molecule has 1 atom stereocenters. The van der Waals surface area contributed by atoms with Gasteiger partial charge in [-0.25, -0.2) is 9.37 Å². The molecule has 25 heavy (non-hydrogen) atoms. The summed E-state index contributed by atoms with van der Waals surface area (Å²) in [6.07, 6.45) is -2.49. The lowest BCUT2D eigenvalue weighted by atomic mass is 9.96. The number of likely N-dealkylation sites (tertiary alicyclic amines) is 1. The van der Waals surface area contributed by atoms with Gasteiger partial charge in [-0.15, -0.1) is 0 Å². The Morgan fingerprint density at radius 3 is 2.80 bits per heavy atom. The maximum atomic E-state index is 14.2. The van der Waals surface area contributed by atoms with Crippen molar-refractivity contribution in [1.29, 1.82) is 0 Å². The van der Waals surface area contributed by atoms with Crippen LogP contribution in [0.1, 0.15) is 46.2 Å². The Morgan fingerprint density at radius 2 is 2.12 bits per heavy atom. The van der Waals surface area contributed by atoms with Crippen molar-refractivity contribution in [1.82, 2.24) is 14.9 Å². The zero-order valence-corrected chi connectivity index (χ0v) is 13.5. The molecule has 0 radical (unpaired) electrons. The van der Waals surface area contributed by atoms with Gasteiger partial charge < -0.3 is 9.88 Å². The molecule has 0 spiro atoms. The summed E-state index contributed by atoms with van der Waals surface area (Å²) in [5, 5.41) is 0. The lowest BCUT2D eigenvalue weighted by molar-refractivity contribution is -0.141. The third kappa shape index (κ3) is 3.52. The van der Waals surface area contributed by atoms with E-state index >= 15 is 0 Å². The van der Waals surface area contributed by atoms with Gasteiger partial charge in [0.15, 0.2) is 0 Å². The molecule has 2 aromatic rings. The number of rotatable bonds is 2. The largest absolute Gasteiger partial charge is 0.432 e. The molecule has 1 amide bonds. The quantitative estimate of drug-likeness (QED) is 0.831. The van der Waals surface area contributed by atoms with Crippen molar-refractivity contribution >= 4 is 5.91 Å². The van der Waals surface area contributed by atoms with Crippen molar-refractivity contribution in [3.8, 4) is 0 Å². The smallest absolute Gasteiger partial charge is 0.338 e. The number of aromatic nitrogens is 2. The summed E-state index contributed by atoms with van der Waals surface area (Å²) in [5.41, 5.74) is -0.549. The van der Waals surface area contributed by atoms with Crippen LogP contribution in [0.25, 0.3) is 0 Å². The molecule has 3 rings (SSSR count). The van der Waals surface area contributed by atoms with Crippen LogP contribution in [0.4, 0.5) is 17.6 Å². The number of hydrogen-bond donors (Lipinski definition) is 1. The van der Waals surface area contributed by atoms with Crippen molar-refractivity contribution < 1.29 is 22.4 Å². The average molecular weight is 355 g/mol. The summed E-state index contributed by atoms with van der Waals surface area (Å²) >= 11 is 0. The Labute approximate surface area is 141 Å². The lowest BCUT2D eigenvalue weighted by Crippen LogP contribution is -2.39. The minimum atomic E-state index is -4.49. The number of carbonyl (C=O) groups excluding carboxylic acids is 1. The number of halogens is 4. The molecule has 1 aliphatic heterocycles. The number of imidazole rings is 1. The van der Waals surface area contributed by atoms with Crippen LogP contribution in [0, 0.1) is 12.7 Å². The second-order valence-electron chi connectivity index (χ2n) is 6.21. The minimum absolute atomic E-state index is 0.0175. The summed E-state index contributed by atoms with van der Waals surface area (Å²) in [6, 6.07) is 4.60. The summed E-state index contributed by atoms with van der Waals surface area (Å²) in [6.45, 7) is 2.22. The zero-order valence-electron chi connectivity index (χ0n) is 13.5. The molecule has 1 unspecified atom stereocenters. The number of benzene rings is 1. The Balaban J connectivity index is 1.78. The van der Waals surface area contributed by atoms with Gasteiger partial charge in [-0.2, -0.15) is 13.2 Å². The van der Waals surface area contributed by atoms with Crippen molar-refractivity contribution in [3.63, 3.8) is 0 Å². The fourth-order valence-corrected chi connectivity index (χ4v) is 3.06. The summed E-state index contributed by atoms with van der Waals surface area (Å²) in [4.78, 5) is 20.2. The molecule has 4 nitrogen and oxygen atoms in total. The molecule has 0 saturated carbocycles. The molecule has 1 aliphatic rings. The molecule has 1 fully saturated rings. The third-order valence-corrected chi connectivity index (χ3v) is 4.42. The van der Waals surface area contributed by atoms with Gasteiger partial charge in [-0.05, 0) is 31.4 Å². The molecule has 1 N–H and O–H groups in total. The number of hydrogen-bond acceptors (Lipinski definition) is 2. The minimum Gasteiger partial charge on any atom is -0.338 e. The highest BCUT2D eigenvalue weighted by Crippen LogP contribution is 2.31. The van der Waals surface area contributed by atoms with Gasteiger partial charge in [-0.3, -0.25) is 4.79 Å². The first-order chi connectivity index (χ1) is 11.8. The molecule has 1 aromatic heterocycles. The van der Waals surface area contributed by atoms with Gasteiger partial charge in [0.05, 0.1) is 11.8 Å². The van der Waals surface area contributed by atoms with E-state index < -0.39 is 23.6 Å². The van der Waals surface area contributed by atoms with E-state index in [9.17, 15) is 22.4 Å². The molecular weight excluding hydrogens is 338 g/mol. The number of aryl methyl sites for hydroxylation is 1. The standard InChI is InChI=1S/C17H17F4N3O/c1-10-4-2-6-12(14(10)18)16(25)24-7-3-5-11(9-24)15-22-8-13(23-15)17(19,20)21/h2,4,6,8,11H,3,5,7,9H2,1H3,(H,22,23). The van der Waals surface area contributed by atoms with Gasteiger partial charge in [0, 0.05) is 19.0 Å². The highest BCUT2D eigenvalue weighted by Gasteiger charge is 2.35. The van der Waals surface area contributed by atoms with Crippen LogP contribution in [0.2, 0.25) is 0 Å². The van der Waals surface area contributed by atoms with Crippen LogP contribution in [-0.4, -0.2) is 33.9 Å². The van der Waals surface area contributed by atoms with E-state index in [0.29, 0.717) is 24.9 Å². The van der Waals surface area contributed by atoms with Crippen LogP contribution in [0.5, 0.6) is 0 Å². The second-order valence-corrected chi connectivity index (χ2v) is 6.21. The number of aromatic amines is 1. The number of nitrogens with one attached hydrogen (secondary N) is 1. The van der Waals surface area contributed by atoms with E-state index in [1.807, 2.05) is 0 Å². The highest BCUT2D eigenvalue weighted by molar-refractivity contribution is 5.94. The van der Waals surface area contributed by atoms with Crippen LogP contribution in [0.3, 0.4) is 0 Å². The molecule has 1 saturated heterocycles. The fourth-order valence-electron chi connectivity index (χ4n) is 3.06. The van der Waals surface area contributed by atoms with Crippen LogP contribution in [-0.2, 0) is 6.18 Å². The van der Waals surface area contributed by atoms with Crippen LogP contribution < -0.4 is 0 Å². The third-order valence-electron chi connectivity index (χ3n) is 4.42. The molecule has 0 bridgehead atoms. The van der Waals surface area contributed by atoms with Crippen molar-refractivity contribution in [2.24, 2.45) is 0 Å². The highest BCUT2D eigenvalue weighted by atomic mass is 19.4. The maximum absolute atomic E-state index is 14.2. The average Bonchev–Trinajstić information content (AvgIpc) is 3.07. The van der Waals surface area contributed by atoms with E-state index in [2.05, 4.69) is 9.97 Å². The Morgan fingerprint density at radius 1 is 1.36 bits per heavy atom. The summed E-state index contributed by atoms with van der Waals surface area (Å²) in [5.74, 6) is -1.14. The molecule has 134 valence electrons. The van der Waals surface area contributed by atoms with Gasteiger partial charge in [0.2, 0.25) is 0 Å². The Bertz CT molecular complexity index is 784. The van der Waals surface area contributed by atoms with Gasteiger partial charge in [-0.1, -0.05) is 12.1 Å². The Kier molecular flexibility index (Phi) is 4.53. The van der Waals surface area contributed by atoms with Gasteiger partial charge >= 0.3 is 6.18 Å². The van der Waals surface area contributed by atoms with E-state index in [0.717, 1.165) is 6.20 Å². The second kappa shape index (κ2) is 6.50. The van der Waals surface area contributed by atoms with E-state index in [1.54, 1.807) is 19.1 Å². The summed E-state index contributed by atoms with van der Waals surface area (Å²) in [7, 11) is 0. The molecule has 2 heterocycles. The topological polar surface area (TPSA) is 49.0 Å². The van der Waals surface area contributed by atoms with Gasteiger partial charge in [0.1, 0.15) is 17.3 Å². The SMILES string of the molecule is Cc1cccc(C(=O)N2CCCC(c3ncc(C(F)(F)F)[nH]3)C2)c1F. The first-order valence-electron chi connectivity index (χ1n) is 7.94. The summed E-state index contributed by atoms with van der Waals surface area (Å²) < 4.78 is 52.3. The molecule has 0 aliphatic carbocycles. The maximum Gasteiger partial charge on any atom is 0.432 e. The molecular formula is C17H17F4N3O. The number of carbonyl (C=O) groups is 1. The van der Waals surface area contributed by atoms with Crippen molar-refractivity contribution in [2.75, 3.05) is 13.1 Å². The van der Waals surface area contributed by atoms with Crippen LogP contribution >= 0.6 is 0 Å². The number of piperidine rings is 1. The number of alkyl halides is 3. The predicted molar refractivity (Wildman–Crippen MR) is 82.6 cm³/mol. The van der Waals surface area contributed by atoms with Crippen molar-refractivity contribution in [2.45, 2.75) is 31.9 Å². The first kappa shape index (κ1) is 17.4. The fraction of sp³-hybridized carbons (Fsp3) is 0.412. The van der Waals surface area contributed by atoms with E-state index in [4.69, 9.17) is 0 Å². The first-order valence-corrected chi connectivity index (χ1v) is 7.94. The predicted octanol–water partition coefficient (Wildman–Crippen LogP) is 3.90. The number of H-pyrrole nitrogens is 1. The Hall–Kier alpha value is -2.38. The zero-order chi connectivity index (χ0) is 18.2. The monoisotopic (exact) mass is 355 g/mol. The molecule has 8 heteroatoms. The lowest BCUT2D eigenvalue weighted by Gasteiger charge is -2.32. The van der Waals surface area contributed by atoms with Crippen LogP contribution in [0.15, 0.2) is 24.4 Å². The normalized spacial score (nSPS) is 18.4. The number of amides is 1. The van der Waals surface area contributed by atoms with Gasteiger partial charge in [0.25, 0.3) is 5.91 Å². The molecule has 1 aromatic carbocycles. The van der Waals surface area contributed by atoms with Crippen molar-refractivity contribution in [3.05, 3.63) is 52.9 Å².